The van der Waals surface area contributed by atoms with Gasteiger partial charge < -0.3 is 15.3 Å². The van der Waals surface area contributed by atoms with Crippen molar-refractivity contribution in [1.82, 2.24) is 15.2 Å². The Balaban J connectivity index is 1.79. The van der Waals surface area contributed by atoms with Gasteiger partial charge in [-0.3, -0.25) is 4.79 Å². The molecule has 1 aliphatic carbocycles. The first kappa shape index (κ1) is 13.8. The largest absolute Gasteiger partial charge is 0.481 e. The van der Waals surface area contributed by atoms with Gasteiger partial charge >= 0.3 is 12.0 Å². The van der Waals surface area contributed by atoms with Crippen LogP contribution in [0.5, 0.6) is 0 Å². The van der Waals surface area contributed by atoms with Crippen LogP contribution in [-0.2, 0) is 11.3 Å². The topological polar surface area (TPSA) is 82.5 Å². The summed E-state index contributed by atoms with van der Waals surface area (Å²) < 4.78 is 0. The third-order valence-corrected chi connectivity index (χ3v) is 3.97. The highest BCUT2D eigenvalue weighted by Crippen LogP contribution is 2.25. The van der Waals surface area contributed by atoms with Crippen LogP contribution < -0.4 is 5.32 Å². The summed E-state index contributed by atoms with van der Waals surface area (Å²) >= 11 is 1.49. The summed E-state index contributed by atoms with van der Waals surface area (Å²) in [5, 5.41) is 13.7. The van der Waals surface area contributed by atoms with E-state index in [-0.39, 0.29) is 18.0 Å². The summed E-state index contributed by atoms with van der Waals surface area (Å²) in [5.74, 6) is -1.10. The maximum atomic E-state index is 11.9. The van der Waals surface area contributed by atoms with Gasteiger partial charge in [-0.05, 0) is 19.3 Å². The zero-order valence-electron chi connectivity index (χ0n) is 10.7. The first-order valence-corrected chi connectivity index (χ1v) is 7.12. The lowest BCUT2D eigenvalue weighted by molar-refractivity contribution is -0.141. The number of aromatic nitrogens is 1. The fourth-order valence-electron chi connectivity index (χ4n) is 2.25. The zero-order chi connectivity index (χ0) is 13.8. The molecule has 1 aliphatic rings. The van der Waals surface area contributed by atoms with Gasteiger partial charge in [-0.1, -0.05) is 0 Å². The second kappa shape index (κ2) is 6.01. The van der Waals surface area contributed by atoms with E-state index in [2.05, 4.69) is 10.3 Å². The second-order valence-electron chi connectivity index (χ2n) is 4.83. The highest BCUT2D eigenvalue weighted by atomic mass is 32.1. The Kier molecular flexibility index (Phi) is 4.36. The molecule has 2 N–H and O–H groups in total. The van der Waals surface area contributed by atoms with E-state index in [0.29, 0.717) is 19.4 Å². The minimum absolute atomic E-state index is 0.0357. The Bertz CT molecular complexity index is 449. The number of hydrogen-bond donors (Lipinski definition) is 2. The van der Waals surface area contributed by atoms with Gasteiger partial charge in [0, 0.05) is 18.5 Å². The SMILES string of the molecule is CN(Cc1cscn1)C(=O)NC1CCC(C(=O)O)C1. The number of hydrogen-bond acceptors (Lipinski definition) is 4. The standard InChI is InChI=1S/C12H17N3O3S/c1-15(5-10-6-19-7-13-10)12(18)14-9-3-2-8(4-9)11(16)17/h6-9H,2-5H2,1H3,(H,14,18)(H,16,17). The molecule has 2 amide bonds. The van der Waals surface area contributed by atoms with Crippen molar-refractivity contribution < 1.29 is 14.7 Å². The fraction of sp³-hybridized carbons (Fsp3) is 0.583. The van der Waals surface area contributed by atoms with Crippen LogP contribution in [0.15, 0.2) is 10.9 Å². The number of carbonyl (C=O) groups is 2. The van der Waals surface area contributed by atoms with Gasteiger partial charge in [-0.15, -0.1) is 11.3 Å². The molecule has 1 saturated carbocycles. The average Bonchev–Trinajstić information content (AvgIpc) is 2.99. The Morgan fingerprint density at radius 2 is 2.37 bits per heavy atom. The third-order valence-electron chi connectivity index (χ3n) is 3.34. The van der Waals surface area contributed by atoms with Crippen LogP contribution in [-0.4, -0.2) is 40.1 Å². The molecule has 1 aromatic rings. The van der Waals surface area contributed by atoms with Crippen molar-refractivity contribution in [3.05, 3.63) is 16.6 Å². The normalized spacial score (nSPS) is 22.2. The lowest BCUT2D eigenvalue weighted by Gasteiger charge is -2.20. The van der Waals surface area contributed by atoms with Crippen LogP contribution in [0, 0.1) is 5.92 Å². The Morgan fingerprint density at radius 1 is 1.58 bits per heavy atom. The summed E-state index contributed by atoms with van der Waals surface area (Å²) in [4.78, 5) is 28.5. The van der Waals surface area contributed by atoms with E-state index in [0.717, 1.165) is 12.1 Å². The van der Waals surface area contributed by atoms with Gasteiger partial charge in [0.1, 0.15) is 0 Å². The van der Waals surface area contributed by atoms with Crippen LogP contribution in [0.25, 0.3) is 0 Å². The average molecular weight is 283 g/mol. The zero-order valence-corrected chi connectivity index (χ0v) is 11.5. The molecular formula is C12H17N3O3S. The number of urea groups is 1. The van der Waals surface area contributed by atoms with Crippen molar-refractivity contribution >= 4 is 23.3 Å². The van der Waals surface area contributed by atoms with E-state index in [1.54, 1.807) is 17.5 Å². The van der Waals surface area contributed by atoms with Gasteiger partial charge in [-0.25, -0.2) is 9.78 Å². The molecule has 0 aliphatic heterocycles. The van der Waals surface area contributed by atoms with E-state index < -0.39 is 5.97 Å². The molecule has 19 heavy (non-hydrogen) atoms. The van der Waals surface area contributed by atoms with Crippen molar-refractivity contribution in [2.24, 2.45) is 5.92 Å². The summed E-state index contributed by atoms with van der Waals surface area (Å²) in [6, 6.07) is -0.212. The highest BCUT2D eigenvalue weighted by Gasteiger charge is 2.31. The maximum Gasteiger partial charge on any atom is 0.317 e. The first-order chi connectivity index (χ1) is 9.06. The minimum atomic E-state index is -0.771. The molecule has 2 rings (SSSR count). The van der Waals surface area contributed by atoms with Gasteiger partial charge in [0.15, 0.2) is 0 Å². The summed E-state index contributed by atoms with van der Waals surface area (Å²) in [5.41, 5.74) is 2.59. The smallest absolute Gasteiger partial charge is 0.317 e. The molecule has 0 saturated heterocycles. The monoisotopic (exact) mass is 283 g/mol. The Hall–Kier alpha value is -1.63. The molecule has 2 atom stereocenters. The van der Waals surface area contributed by atoms with Gasteiger partial charge in [0.2, 0.25) is 0 Å². The molecular weight excluding hydrogens is 266 g/mol. The number of aliphatic carboxylic acids is 1. The maximum absolute atomic E-state index is 11.9. The summed E-state index contributed by atoms with van der Waals surface area (Å²) in [7, 11) is 1.71. The van der Waals surface area contributed by atoms with E-state index in [4.69, 9.17) is 5.11 Å². The van der Waals surface area contributed by atoms with Crippen molar-refractivity contribution in [2.45, 2.75) is 31.8 Å². The molecule has 0 bridgehead atoms. The Labute approximate surface area is 115 Å². The van der Waals surface area contributed by atoms with Crippen molar-refractivity contribution in [1.29, 1.82) is 0 Å². The van der Waals surface area contributed by atoms with Crippen LogP contribution in [0.3, 0.4) is 0 Å². The molecule has 0 aromatic carbocycles. The van der Waals surface area contributed by atoms with Crippen molar-refractivity contribution in [3.63, 3.8) is 0 Å². The Morgan fingerprint density at radius 3 is 2.95 bits per heavy atom. The molecule has 1 heterocycles. The number of rotatable bonds is 4. The van der Waals surface area contributed by atoms with E-state index in [1.807, 2.05) is 5.38 Å². The van der Waals surface area contributed by atoms with Crippen LogP contribution >= 0.6 is 11.3 Å². The number of nitrogens with one attached hydrogen (secondary N) is 1. The second-order valence-corrected chi connectivity index (χ2v) is 5.55. The van der Waals surface area contributed by atoms with Gasteiger partial charge in [0.05, 0.1) is 23.7 Å². The van der Waals surface area contributed by atoms with Crippen LogP contribution in [0.4, 0.5) is 4.79 Å². The summed E-state index contributed by atoms with van der Waals surface area (Å²) in [6.07, 6.45) is 1.88. The predicted octanol–water partition coefficient (Wildman–Crippen LogP) is 1.54. The molecule has 1 aromatic heterocycles. The molecule has 1 fully saturated rings. The van der Waals surface area contributed by atoms with E-state index in [1.165, 1.54) is 11.3 Å². The lowest BCUT2D eigenvalue weighted by Crippen LogP contribution is -2.42. The van der Waals surface area contributed by atoms with Gasteiger partial charge in [0.25, 0.3) is 0 Å². The summed E-state index contributed by atoms with van der Waals surface area (Å²) in [6.45, 7) is 0.463. The molecule has 6 nitrogen and oxygen atoms in total. The molecule has 0 radical (unpaired) electrons. The molecule has 0 spiro atoms. The first-order valence-electron chi connectivity index (χ1n) is 6.17. The van der Waals surface area contributed by atoms with Crippen LogP contribution in [0.1, 0.15) is 25.0 Å². The van der Waals surface area contributed by atoms with E-state index >= 15 is 0 Å². The number of thiazole rings is 1. The third kappa shape index (κ3) is 3.66. The number of carbonyl (C=O) groups excluding carboxylic acids is 1. The minimum Gasteiger partial charge on any atom is -0.481 e. The van der Waals surface area contributed by atoms with E-state index in [9.17, 15) is 9.59 Å². The van der Waals surface area contributed by atoms with Crippen molar-refractivity contribution in [2.75, 3.05) is 7.05 Å². The number of nitrogens with zero attached hydrogens (tertiary/aromatic N) is 2. The quantitative estimate of drug-likeness (QED) is 0.878. The number of carboxylic acid groups (broad SMARTS) is 1. The van der Waals surface area contributed by atoms with Crippen molar-refractivity contribution in [3.8, 4) is 0 Å². The lowest BCUT2D eigenvalue weighted by atomic mass is 10.1. The predicted molar refractivity (Wildman–Crippen MR) is 70.9 cm³/mol. The highest BCUT2D eigenvalue weighted by molar-refractivity contribution is 7.07. The molecule has 2 unspecified atom stereocenters. The molecule has 7 heteroatoms. The van der Waals surface area contributed by atoms with Gasteiger partial charge in [-0.2, -0.15) is 0 Å². The number of carboxylic acids is 1. The molecule has 104 valence electrons. The fourth-order valence-corrected chi connectivity index (χ4v) is 2.80. The van der Waals surface area contributed by atoms with Crippen LogP contribution in [0.2, 0.25) is 0 Å². The number of amides is 2.